The van der Waals surface area contributed by atoms with Gasteiger partial charge in [0.15, 0.2) is 5.01 Å². The molecule has 0 fully saturated rings. The Morgan fingerprint density at radius 1 is 1.24 bits per heavy atom. The molecule has 2 aromatic rings. The summed E-state index contributed by atoms with van der Waals surface area (Å²) in [6, 6.07) is 3.84. The van der Waals surface area contributed by atoms with Crippen LogP contribution < -0.4 is 5.73 Å². The molecule has 1 aromatic carbocycles. The van der Waals surface area contributed by atoms with Crippen molar-refractivity contribution in [1.29, 1.82) is 0 Å². The second-order valence-corrected chi connectivity index (χ2v) is 4.29. The minimum Gasteiger partial charge on any atom is -0.396 e. The molecule has 0 atom stereocenters. The summed E-state index contributed by atoms with van der Waals surface area (Å²) in [4.78, 5) is 3.50. The highest BCUT2D eigenvalue weighted by atomic mass is 32.1. The minimum absolute atomic E-state index is 0.0469. The molecule has 0 aliphatic carbocycles. The Morgan fingerprint density at radius 3 is 2.47 bits per heavy atom. The number of anilines is 1. The van der Waals surface area contributed by atoms with E-state index in [2.05, 4.69) is 4.98 Å². The summed E-state index contributed by atoms with van der Waals surface area (Å²) in [6.45, 7) is 0. The SMILES string of the molecule is Nc1ccc(-c2cnc(C(F)(F)F)s2)cc1F. The fourth-order valence-electron chi connectivity index (χ4n) is 1.22. The van der Waals surface area contributed by atoms with Crippen LogP contribution in [0.4, 0.5) is 23.2 Å². The zero-order valence-corrected chi connectivity index (χ0v) is 9.07. The lowest BCUT2D eigenvalue weighted by atomic mass is 10.2. The summed E-state index contributed by atoms with van der Waals surface area (Å²) < 4.78 is 50.1. The maximum Gasteiger partial charge on any atom is 0.443 e. The van der Waals surface area contributed by atoms with Crippen LogP contribution in [0.3, 0.4) is 0 Å². The molecule has 17 heavy (non-hydrogen) atoms. The van der Waals surface area contributed by atoms with Gasteiger partial charge in [0, 0.05) is 6.20 Å². The molecule has 7 heteroatoms. The highest BCUT2D eigenvalue weighted by molar-refractivity contribution is 7.15. The molecule has 1 aromatic heterocycles. The predicted octanol–water partition coefficient (Wildman–Crippen LogP) is 3.55. The Morgan fingerprint density at radius 2 is 1.94 bits per heavy atom. The van der Waals surface area contributed by atoms with Gasteiger partial charge in [0.25, 0.3) is 0 Å². The Balaban J connectivity index is 2.40. The van der Waals surface area contributed by atoms with Crippen molar-refractivity contribution < 1.29 is 17.6 Å². The standard InChI is InChI=1S/C10H6F4N2S/c11-6-3-5(1-2-7(6)15)8-4-16-9(17-8)10(12,13)14/h1-4H,15H2. The fourth-order valence-corrected chi connectivity index (χ4v) is 2.00. The van der Waals surface area contributed by atoms with Crippen molar-refractivity contribution in [3.05, 3.63) is 35.2 Å². The number of alkyl halides is 3. The smallest absolute Gasteiger partial charge is 0.396 e. The normalized spacial score (nSPS) is 11.8. The Kier molecular flexibility index (Phi) is 2.78. The van der Waals surface area contributed by atoms with E-state index >= 15 is 0 Å². The second kappa shape index (κ2) is 3.99. The predicted molar refractivity (Wildman–Crippen MR) is 56.9 cm³/mol. The molecule has 0 saturated carbocycles. The summed E-state index contributed by atoms with van der Waals surface area (Å²) in [7, 11) is 0. The molecule has 0 amide bonds. The van der Waals surface area contributed by atoms with Crippen LogP contribution in [0.1, 0.15) is 5.01 Å². The number of nitrogen functional groups attached to an aromatic ring is 1. The Bertz CT molecular complexity index is 547. The van der Waals surface area contributed by atoms with Crippen molar-refractivity contribution in [2.75, 3.05) is 5.73 Å². The number of aromatic nitrogens is 1. The lowest BCUT2D eigenvalue weighted by Crippen LogP contribution is -2.02. The topological polar surface area (TPSA) is 38.9 Å². The molecular formula is C10H6F4N2S. The van der Waals surface area contributed by atoms with Crippen LogP contribution in [0, 0.1) is 5.82 Å². The molecule has 0 radical (unpaired) electrons. The van der Waals surface area contributed by atoms with E-state index in [1.54, 1.807) is 0 Å². The van der Waals surface area contributed by atoms with Gasteiger partial charge in [0.05, 0.1) is 10.6 Å². The van der Waals surface area contributed by atoms with E-state index in [1.807, 2.05) is 0 Å². The average Bonchev–Trinajstić information content (AvgIpc) is 2.70. The van der Waals surface area contributed by atoms with Crippen LogP contribution in [0.25, 0.3) is 10.4 Å². The van der Waals surface area contributed by atoms with Crippen molar-refractivity contribution in [1.82, 2.24) is 4.98 Å². The number of benzene rings is 1. The molecule has 0 aliphatic rings. The molecule has 1 heterocycles. The van der Waals surface area contributed by atoms with Gasteiger partial charge in [-0.15, -0.1) is 11.3 Å². The van der Waals surface area contributed by atoms with Crippen molar-refractivity contribution in [3.8, 4) is 10.4 Å². The van der Waals surface area contributed by atoms with Gasteiger partial charge in [-0.05, 0) is 17.7 Å². The molecule has 0 spiro atoms. The van der Waals surface area contributed by atoms with E-state index in [9.17, 15) is 17.6 Å². The van der Waals surface area contributed by atoms with Crippen molar-refractivity contribution in [3.63, 3.8) is 0 Å². The maximum atomic E-state index is 13.1. The van der Waals surface area contributed by atoms with Crippen LogP contribution in [0.15, 0.2) is 24.4 Å². The lowest BCUT2D eigenvalue weighted by Gasteiger charge is -2.00. The van der Waals surface area contributed by atoms with Crippen molar-refractivity contribution >= 4 is 17.0 Å². The van der Waals surface area contributed by atoms with E-state index in [4.69, 9.17) is 5.73 Å². The van der Waals surface area contributed by atoms with Gasteiger partial charge >= 0.3 is 6.18 Å². The quantitative estimate of drug-likeness (QED) is 0.630. The van der Waals surface area contributed by atoms with Crippen LogP contribution in [-0.4, -0.2) is 4.98 Å². The molecule has 0 aliphatic heterocycles. The van der Waals surface area contributed by atoms with Gasteiger partial charge in [0.1, 0.15) is 5.82 Å². The first kappa shape index (κ1) is 11.8. The van der Waals surface area contributed by atoms with E-state index in [0.717, 1.165) is 12.3 Å². The molecular weight excluding hydrogens is 256 g/mol. The minimum atomic E-state index is -4.48. The third kappa shape index (κ3) is 2.38. The van der Waals surface area contributed by atoms with Gasteiger partial charge < -0.3 is 5.73 Å². The zero-order chi connectivity index (χ0) is 12.6. The molecule has 0 bridgehead atoms. The van der Waals surface area contributed by atoms with Crippen molar-refractivity contribution in [2.45, 2.75) is 6.18 Å². The fraction of sp³-hybridized carbons (Fsp3) is 0.100. The highest BCUT2D eigenvalue weighted by Crippen LogP contribution is 2.36. The monoisotopic (exact) mass is 262 g/mol. The van der Waals surface area contributed by atoms with Crippen LogP contribution >= 0.6 is 11.3 Å². The first-order chi connectivity index (χ1) is 7.88. The number of nitrogens with two attached hydrogens (primary N) is 1. The number of thiazole rings is 1. The van der Waals surface area contributed by atoms with E-state index in [0.29, 0.717) is 16.9 Å². The van der Waals surface area contributed by atoms with Crippen LogP contribution in [-0.2, 0) is 6.18 Å². The maximum absolute atomic E-state index is 13.1. The molecule has 2 rings (SSSR count). The molecule has 90 valence electrons. The number of hydrogen-bond acceptors (Lipinski definition) is 3. The molecule has 0 saturated heterocycles. The van der Waals surface area contributed by atoms with Crippen LogP contribution in [0.2, 0.25) is 0 Å². The van der Waals surface area contributed by atoms with E-state index in [-0.39, 0.29) is 10.6 Å². The third-order valence-electron chi connectivity index (χ3n) is 2.03. The summed E-state index contributed by atoms with van der Waals surface area (Å²) in [5.41, 5.74) is 5.55. The van der Waals surface area contributed by atoms with Gasteiger partial charge in [-0.1, -0.05) is 6.07 Å². The van der Waals surface area contributed by atoms with E-state index in [1.165, 1.54) is 12.1 Å². The molecule has 2 N–H and O–H groups in total. The van der Waals surface area contributed by atoms with E-state index < -0.39 is 17.0 Å². The second-order valence-electron chi connectivity index (χ2n) is 3.26. The lowest BCUT2D eigenvalue weighted by molar-refractivity contribution is -0.137. The first-order valence-electron chi connectivity index (χ1n) is 4.46. The number of nitrogens with zero attached hydrogens (tertiary/aromatic N) is 1. The summed E-state index contributed by atoms with van der Waals surface area (Å²) in [5.74, 6) is -0.663. The van der Waals surface area contributed by atoms with Crippen molar-refractivity contribution in [2.24, 2.45) is 0 Å². The zero-order valence-electron chi connectivity index (χ0n) is 8.25. The summed E-state index contributed by atoms with van der Waals surface area (Å²) >= 11 is 0.464. The Labute approximate surface area is 97.7 Å². The number of rotatable bonds is 1. The van der Waals surface area contributed by atoms with Gasteiger partial charge in [-0.3, -0.25) is 0 Å². The summed E-state index contributed by atoms with van der Waals surface area (Å²) in [6.07, 6.45) is -3.41. The van der Waals surface area contributed by atoms with Gasteiger partial charge in [-0.25, -0.2) is 9.37 Å². The largest absolute Gasteiger partial charge is 0.443 e. The Hall–Kier alpha value is -1.63. The number of hydrogen-bond donors (Lipinski definition) is 1. The number of halogens is 4. The first-order valence-corrected chi connectivity index (χ1v) is 5.28. The highest BCUT2D eigenvalue weighted by Gasteiger charge is 2.34. The summed E-state index contributed by atoms with van der Waals surface area (Å²) in [5, 5.41) is -0.954. The molecule has 2 nitrogen and oxygen atoms in total. The van der Waals surface area contributed by atoms with Gasteiger partial charge in [0.2, 0.25) is 0 Å². The average molecular weight is 262 g/mol. The third-order valence-corrected chi connectivity index (χ3v) is 3.12. The van der Waals surface area contributed by atoms with Gasteiger partial charge in [-0.2, -0.15) is 13.2 Å². The van der Waals surface area contributed by atoms with Crippen LogP contribution in [0.5, 0.6) is 0 Å². The molecule has 0 unspecified atom stereocenters.